The molecule has 3 N–H and O–H groups in total. The summed E-state index contributed by atoms with van der Waals surface area (Å²) in [5.74, 6) is -0.616. The zero-order valence-electron chi connectivity index (χ0n) is 11.1. The Morgan fingerprint density at radius 3 is 2.48 bits per heavy atom. The molecule has 0 aliphatic heterocycles. The lowest BCUT2D eigenvalue weighted by Gasteiger charge is -2.23. The van der Waals surface area contributed by atoms with Gasteiger partial charge in [0.05, 0.1) is 28.4 Å². The maximum Gasteiger partial charge on any atom is 0.418 e. The van der Waals surface area contributed by atoms with E-state index in [2.05, 4.69) is 5.32 Å². The number of anilines is 1. The normalized spacial score (nSPS) is 17.3. The van der Waals surface area contributed by atoms with Crippen molar-refractivity contribution in [3.05, 3.63) is 29.3 Å². The molecule has 1 amide bonds. The van der Waals surface area contributed by atoms with Crippen LogP contribution in [0.5, 0.6) is 0 Å². The van der Waals surface area contributed by atoms with E-state index in [0.29, 0.717) is 18.9 Å². The van der Waals surface area contributed by atoms with Gasteiger partial charge in [-0.25, -0.2) is 0 Å². The van der Waals surface area contributed by atoms with Gasteiger partial charge >= 0.3 is 6.18 Å². The highest BCUT2D eigenvalue weighted by molar-refractivity contribution is 5.98. The molecule has 4 nitrogen and oxygen atoms in total. The minimum absolute atomic E-state index is 0.122. The van der Waals surface area contributed by atoms with Crippen molar-refractivity contribution in [2.75, 3.05) is 5.32 Å². The molecule has 112 valence electrons. The second-order valence-corrected chi connectivity index (χ2v) is 5.19. The van der Waals surface area contributed by atoms with E-state index in [1.165, 1.54) is 6.07 Å². The number of carbonyl (C=O) groups excluding carboxylic acids is 1. The molecule has 21 heavy (non-hydrogen) atoms. The highest BCUT2D eigenvalue weighted by atomic mass is 19.4. The SMILES string of the molecule is N#Cc1ccc(NC(=O)C2(N)CCCC2)c(C(F)(F)F)c1. The van der Waals surface area contributed by atoms with E-state index in [1.807, 2.05) is 0 Å². The van der Waals surface area contributed by atoms with Crippen LogP contribution >= 0.6 is 0 Å². The molecule has 2 rings (SSSR count). The van der Waals surface area contributed by atoms with Crippen molar-refractivity contribution in [1.82, 2.24) is 0 Å². The van der Waals surface area contributed by atoms with Crippen molar-refractivity contribution in [2.45, 2.75) is 37.4 Å². The Labute approximate surface area is 119 Å². The first-order valence-corrected chi connectivity index (χ1v) is 6.48. The van der Waals surface area contributed by atoms with Gasteiger partial charge in [0.25, 0.3) is 0 Å². The molecule has 0 heterocycles. The fourth-order valence-electron chi connectivity index (χ4n) is 2.44. The summed E-state index contributed by atoms with van der Waals surface area (Å²) in [7, 11) is 0. The number of hydrogen-bond acceptors (Lipinski definition) is 3. The van der Waals surface area contributed by atoms with E-state index >= 15 is 0 Å². The summed E-state index contributed by atoms with van der Waals surface area (Å²) >= 11 is 0. The number of carbonyl (C=O) groups is 1. The molecule has 1 fully saturated rings. The predicted molar refractivity (Wildman–Crippen MR) is 70.2 cm³/mol. The second kappa shape index (κ2) is 5.37. The van der Waals surface area contributed by atoms with E-state index in [4.69, 9.17) is 11.0 Å². The van der Waals surface area contributed by atoms with E-state index in [1.54, 1.807) is 6.07 Å². The van der Waals surface area contributed by atoms with Crippen molar-refractivity contribution in [3.8, 4) is 6.07 Å². The standard InChI is InChI=1S/C14H14F3N3O/c15-14(16,17)10-7-9(8-18)3-4-11(10)20-12(21)13(19)5-1-2-6-13/h3-4,7H,1-2,5-6,19H2,(H,20,21). The van der Waals surface area contributed by atoms with E-state index in [-0.39, 0.29) is 11.3 Å². The summed E-state index contributed by atoms with van der Waals surface area (Å²) in [6, 6.07) is 4.67. The summed E-state index contributed by atoms with van der Waals surface area (Å²) in [4.78, 5) is 12.1. The third-order valence-electron chi connectivity index (χ3n) is 3.65. The Morgan fingerprint density at radius 2 is 1.95 bits per heavy atom. The zero-order chi connectivity index (χ0) is 15.7. The fraction of sp³-hybridized carbons (Fsp3) is 0.429. The summed E-state index contributed by atoms with van der Waals surface area (Å²) in [6.45, 7) is 0. The van der Waals surface area contributed by atoms with Gasteiger partial charge < -0.3 is 11.1 Å². The van der Waals surface area contributed by atoms with Crippen LogP contribution in [0.1, 0.15) is 36.8 Å². The molecule has 1 aliphatic carbocycles. The van der Waals surface area contributed by atoms with Crippen molar-refractivity contribution in [1.29, 1.82) is 5.26 Å². The topological polar surface area (TPSA) is 78.9 Å². The molecule has 0 bridgehead atoms. The van der Waals surface area contributed by atoms with Gasteiger partial charge in [-0.2, -0.15) is 18.4 Å². The van der Waals surface area contributed by atoms with Crippen molar-refractivity contribution < 1.29 is 18.0 Å². The predicted octanol–water partition coefficient (Wildman–Crippen LogP) is 2.79. The van der Waals surface area contributed by atoms with Crippen LogP contribution in [0.4, 0.5) is 18.9 Å². The van der Waals surface area contributed by atoms with Crippen LogP contribution in [0.2, 0.25) is 0 Å². The van der Waals surface area contributed by atoms with Gasteiger partial charge in [0.1, 0.15) is 0 Å². The molecule has 0 radical (unpaired) electrons. The Morgan fingerprint density at radius 1 is 1.33 bits per heavy atom. The minimum atomic E-state index is -4.66. The average molecular weight is 297 g/mol. The van der Waals surface area contributed by atoms with E-state index in [0.717, 1.165) is 18.9 Å². The highest BCUT2D eigenvalue weighted by Gasteiger charge is 2.39. The molecule has 1 saturated carbocycles. The molecule has 1 aromatic carbocycles. The van der Waals surface area contributed by atoms with Gasteiger partial charge in [0, 0.05) is 0 Å². The number of amides is 1. The molecule has 0 aromatic heterocycles. The number of hydrogen-bond donors (Lipinski definition) is 2. The van der Waals surface area contributed by atoms with Crippen molar-refractivity contribution in [3.63, 3.8) is 0 Å². The zero-order valence-corrected chi connectivity index (χ0v) is 11.1. The second-order valence-electron chi connectivity index (χ2n) is 5.19. The summed E-state index contributed by atoms with van der Waals surface area (Å²) in [6.07, 6.45) is -2.19. The average Bonchev–Trinajstić information content (AvgIpc) is 2.86. The number of rotatable bonds is 2. The lowest BCUT2D eigenvalue weighted by molar-refractivity contribution is -0.137. The fourth-order valence-corrected chi connectivity index (χ4v) is 2.44. The number of nitrogens with one attached hydrogen (secondary N) is 1. The maximum absolute atomic E-state index is 13.0. The number of alkyl halides is 3. The Kier molecular flexibility index (Phi) is 3.92. The molecular weight excluding hydrogens is 283 g/mol. The van der Waals surface area contributed by atoms with Crippen molar-refractivity contribution >= 4 is 11.6 Å². The highest BCUT2D eigenvalue weighted by Crippen LogP contribution is 2.36. The number of halogens is 3. The largest absolute Gasteiger partial charge is 0.418 e. The first-order chi connectivity index (χ1) is 9.76. The minimum Gasteiger partial charge on any atom is -0.324 e. The third kappa shape index (κ3) is 3.16. The molecule has 0 spiro atoms. The quantitative estimate of drug-likeness (QED) is 0.881. The lowest BCUT2D eigenvalue weighted by atomic mass is 9.97. The van der Waals surface area contributed by atoms with E-state index in [9.17, 15) is 18.0 Å². The molecule has 1 aliphatic rings. The number of nitriles is 1. The summed E-state index contributed by atoms with van der Waals surface area (Å²) in [5.41, 5.74) is 3.27. The van der Waals surface area contributed by atoms with Gasteiger partial charge in [-0.05, 0) is 31.0 Å². The van der Waals surface area contributed by atoms with Gasteiger partial charge in [-0.1, -0.05) is 12.8 Å². The monoisotopic (exact) mass is 297 g/mol. The Balaban J connectivity index is 2.32. The van der Waals surface area contributed by atoms with Gasteiger partial charge in [0.2, 0.25) is 5.91 Å². The Bertz CT molecular complexity index is 598. The molecule has 0 unspecified atom stereocenters. The molecule has 1 aromatic rings. The smallest absolute Gasteiger partial charge is 0.324 e. The first-order valence-electron chi connectivity index (χ1n) is 6.48. The molecule has 0 saturated heterocycles. The maximum atomic E-state index is 13.0. The van der Waals surface area contributed by atoms with Crippen LogP contribution in [0.15, 0.2) is 18.2 Å². The van der Waals surface area contributed by atoms with Gasteiger partial charge in [-0.15, -0.1) is 0 Å². The third-order valence-corrected chi connectivity index (χ3v) is 3.65. The first kappa shape index (κ1) is 15.3. The summed E-state index contributed by atoms with van der Waals surface area (Å²) in [5, 5.41) is 10.9. The van der Waals surface area contributed by atoms with Gasteiger partial charge in [0.15, 0.2) is 0 Å². The van der Waals surface area contributed by atoms with Crippen LogP contribution in [-0.2, 0) is 11.0 Å². The number of nitrogens with zero attached hydrogens (tertiary/aromatic N) is 1. The van der Waals surface area contributed by atoms with Crippen LogP contribution < -0.4 is 11.1 Å². The molecule has 7 heteroatoms. The van der Waals surface area contributed by atoms with Crippen LogP contribution in [-0.4, -0.2) is 11.4 Å². The van der Waals surface area contributed by atoms with E-state index < -0.39 is 23.2 Å². The van der Waals surface area contributed by atoms with Crippen molar-refractivity contribution in [2.24, 2.45) is 5.73 Å². The number of nitrogens with two attached hydrogens (primary N) is 1. The lowest BCUT2D eigenvalue weighted by Crippen LogP contribution is -2.48. The number of benzene rings is 1. The molecular formula is C14H14F3N3O. The van der Waals surface area contributed by atoms with Crippen LogP contribution in [0.3, 0.4) is 0 Å². The van der Waals surface area contributed by atoms with Crippen LogP contribution in [0.25, 0.3) is 0 Å². The summed E-state index contributed by atoms with van der Waals surface area (Å²) < 4.78 is 39.0. The van der Waals surface area contributed by atoms with Crippen LogP contribution in [0, 0.1) is 11.3 Å². The molecule has 0 atom stereocenters. The Hall–Kier alpha value is -2.07. The van der Waals surface area contributed by atoms with Gasteiger partial charge in [-0.3, -0.25) is 4.79 Å².